The number of para-hydroxylation sites is 1. The Morgan fingerprint density at radius 1 is 1.21 bits per heavy atom. The maximum Gasteiger partial charge on any atom is 0.387 e. The maximum atomic E-state index is 12.5. The van der Waals surface area contributed by atoms with Crippen molar-refractivity contribution >= 4 is 0 Å². The molecule has 2 nitrogen and oxygen atoms in total. The molecule has 0 aliphatic heterocycles. The van der Waals surface area contributed by atoms with Crippen molar-refractivity contribution in [2.45, 2.75) is 46.3 Å². The maximum absolute atomic E-state index is 12.5. The Balaban J connectivity index is 2.99. The van der Waals surface area contributed by atoms with E-state index in [2.05, 4.69) is 30.8 Å². The zero-order valence-electron chi connectivity index (χ0n) is 11.8. The Kier molecular flexibility index (Phi) is 6.78. The van der Waals surface area contributed by atoms with Crippen LogP contribution in [-0.4, -0.2) is 13.2 Å². The molecule has 0 amide bonds. The molecule has 0 heterocycles. The summed E-state index contributed by atoms with van der Waals surface area (Å²) in [6.45, 7) is 4.37. The molecule has 0 fully saturated rings. The number of nitrogens with one attached hydrogen (secondary N) is 1. The number of halogens is 2. The second-order valence-electron chi connectivity index (χ2n) is 4.73. The average Bonchev–Trinajstić information content (AvgIpc) is 2.39. The predicted molar refractivity (Wildman–Crippen MR) is 73.6 cm³/mol. The van der Waals surface area contributed by atoms with E-state index in [0.29, 0.717) is 5.92 Å². The van der Waals surface area contributed by atoms with E-state index in [9.17, 15) is 8.78 Å². The Morgan fingerprint density at radius 3 is 2.47 bits per heavy atom. The molecule has 0 bridgehead atoms. The fraction of sp³-hybridized carbons (Fsp3) is 0.600. The summed E-state index contributed by atoms with van der Waals surface area (Å²) in [6, 6.07) is 7.08. The quantitative estimate of drug-likeness (QED) is 0.758. The van der Waals surface area contributed by atoms with E-state index in [1.54, 1.807) is 12.1 Å². The van der Waals surface area contributed by atoms with E-state index in [4.69, 9.17) is 0 Å². The summed E-state index contributed by atoms with van der Waals surface area (Å²) in [5.41, 5.74) is 0.811. The molecule has 0 radical (unpaired) electrons. The average molecular weight is 271 g/mol. The summed E-state index contributed by atoms with van der Waals surface area (Å²) in [6.07, 6.45) is 1.98. The summed E-state index contributed by atoms with van der Waals surface area (Å²) < 4.78 is 29.5. The van der Waals surface area contributed by atoms with Crippen LogP contribution in [0, 0.1) is 5.92 Å². The van der Waals surface area contributed by atoms with Gasteiger partial charge in [-0.3, -0.25) is 0 Å². The first-order valence-corrected chi connectivity index (χ1v) is 6.87. The molecule has 1 aromatic rings. The Labute approximate surface area is 114 Å². The monoisotopic (exact) mass is 271 g/mol. The van der Waals surface area contributed by atoms with Crippen LogP contribution in [0.1, 0.15) is 45.2 Å². The number of alkyl halides is 2. The van der Waals surface area contributed by atoms with Gasteiger partial charge < -0.3 is 10.1 Å². The van der Waals surface area contributed by atoms with Crippen LogP contribution in [0.2, 0.25) is 0 Å². The molecule has 108 valence electrons. The highest BCUT2D eigenvalue weighted by Gasteiger charge is 2.21. The summed E-state index contributed by atoms with van der Waals surface area (Å²) in [7, 11) is 0. The summed E-state index contributed by atoms with van der Waals surface area (Å²) in [4.78, 5) is 0. The van der Waals surface area contributed by atoms with E-state index in [0.717, 1.165) is 24.9 Å². The standard InChI is InChI=1S/C15H23F2NO/c1-4-10-18-14(11(3)5-2)12-8-6-7-9-13(12)19-15(16)17/h6-9,11,14-15,18H,4-5,10H2,1-3H3. The van der Waals surface area contributed by atoms with Gasteiger partial charge in [0.15, 0.2) is 0 Å². The Morgan fingerprint density at radius 2 is 1.89 bits per heavy atom. The molecular formula is C15H23F2NO. The zero-order valence-corrected chi connectivity index (χ0v) is 11.8. The first kappa shape index (κ1) is 15.9. The second kappa shape index (κ2) is 8.10. The second-order valence-corrected chi connectivity index (χ2v) is 4.73. The number of hydrogen-bond acceptors (Lipinski definition) is 2. The molecule has 0 saturated heterocycles. The Bertz CT molecular complexity index is 371. The number of hydrogen-bond donors (Lipinski definition) is 1. The third kappa shape index (κ3) is 4.78. The van der Waals surface area contributed by atoms with Crippen molar-refractivity contribution in [2.75, 3.05) is 6.54 Å². The van der Waals surface area contributed by atoms with Gasteiger partial charge in [-0.25, -0.2) is 0 Å². The molecule has 1 N–H and O–H groups in total. The molecule has 1 rings (SSSR count). The van der Waals surface area contributed by atoms with Crippen molar-refractivity contribution in [2.24, 2.45) is 5.92 Å². The van der Waals surface area contributed by atoms with Crippen molar-refractivity contribution in [3.8, 4) is 5.75 Å². The summed E-state index contributed by atoms with van der Waals surface area (Å²) in [5, 5.41) is 3.43. The van der Waals surface area contributed by atoms with Crippen molar-refractivity contribution in [3.63, 3.8) is 0 Å². The topological polar surface area (TPSA) is 21.3 Å². The lowest BCUT2D eigenvalue weighted by molar-refractivity contribution is -0.0508. The van der Waals surface area contributed by atoms with Crippen LogP contribution in [0.5, 0.6) is 5.75 Å². The van der Waals surface area contributed by atoms with Crippen LogP contribution < -0.4 is 10.1 Å². The van der Waals surface area contributed by atoms with Gasteiger partial charge in [0, 0.05) is 11.6 Å². The van der Waals surface area contributed by atoms with Gasteiger partial charge in [0.05, 0.1) is 0 Å². The van der Waals surface area contributed by atoms with Crippen LogP contribution >= 0.6 is 0 Å². The molecule has 0 spiro atoms. The predicted octanol–water partition coefficient (Wildman–Crippen LogP) is 4.37. The smallest absolute Gasteiger partial charge is 0.387 e. The fourth-order valence-electron chi connectivity index (χ4n) is 2.09. The van der Waals surface area contributed by atoms with E-state index in [1.165, 1.54) is 0 Å². The molecule has 0 aliphatic carbocycles. The van der Waals surface area contributed by atoms with Gasteiger partial charge in [0.1, 0.15) is 5.75 Å². The van der Waals surface area contributed by atoms with Crippen LogP contribution in [-0.2, 0) is 0 Å². The molecule has 19 heavy (non-hydrogen) atoms. The highest BCUT2D eigenvalue weighted by atomic mass is 19.3. The van der Waals surface area contributed by atoms with Gasteiger partial charge in [0.2, 0.25) is 0 Å². The van der Waals surface area contributed by atoms with E-state index in [-0.39, 0.29) is 11.8 Å². The third-order valence-electron chi connectivity index (χ3n) is 3.30. The van der Waals surface area contributed by atoms with Crippen LogP contribution in [0.25, 0.3) is 0 Å². The highest BCUT2D eigenvalue weighted by Crippen LogP contribution is 2.32. The van der Waals surface area contributed by atoms with Gasteiger partial charge in [-0.15, -0.1) is 0 Å². The summed E-state index contributed by atoms with van der Waals surface area (Å²) in [5.74, 6) is 0.625. The molecule has 0 aliphatic rings. The fourth-order valence-corrected chi connectivity index (χ4v) is 2.09. The van der Waals surface area contributed by atoms with Crippen LogP contribution in [0.3, 0.4) is 0 Å². The lowest BCUT2D eigenvalue weighted by Gasteiger charge is -2.26. The first-order chi connectivity index (χ1) is 9.10. The van der Waals surface area contributed by atoms with Gasteiger partial charge in [-0.05, 0) is 24.9 Å². The van der Waals surface area contributed by atoms with Gasteiger partial charge in [0.25, 0.3) is 0 Å². The number of benzene rings is 1. The molecule has 0 aromatic heterocycles. The first-order valence-electron chi connectivity index (χ1n) is 6.87. The molecular weight excluding hydrogens is 248 g/mol. The van der Waals surface area contributed by atoms with Gasteiger partial charge >= 0.3 is 6.61 Å². The Hall–Kier alpha value is -1.16. The largest absolute Gasteiger partial charge is 0.434 e. The van der Waals surface area contributed by atoms with Crippen LogP contribution in [0.4, 0.5) is 8.78 Å². The van der Waals surface area contributed by atoms with Crippen molar-refractivity contribution in [1.82, 2.24) is 5.32 Å². The minimum Gasteiger partial charge on any atom is -0.434 e. The normalized spacial score (nSPS) is 14.4. The van der Waals surface area contributed by atoms with Crippen molar-refractivity contribution in [1.29, 1.82) is 0 Å². The molecule has 1 aromatic carbocycles. The highest BCUT2D eigenvalue weighted by molar-refractivity contribution is 5.36. The third-order valence-corrected chi connectivity index (χ3v) is 3.30. The molecule has 2 atom stereocenters. The van der Waals surface area contributed by atoms with Gasteiger partial charge in [-0.1, -0.05) is 45.4 Å². The lowest BCUT2D eigenvalue weighted by Crippen LogP contribution is -2.28. The summed E-state index contributed by atoms with van der Waals surface area (Å²) >= 11 is 0. The lowest BCUT2D eigenvalue weighted by atomic mass is 9.91. The van der Waals surface area contributed by atoms with E-state index < -0.39 is 6.61 Å². The zero-order chi connectivity index (χ0) is 14.3. The molecule has 0 saturated carbocycles. The van der Waals surface area contributed by atoms with Crippen molar-refractivity contribution < 1.29 is 13.5 Å². The SMILES string of the molecule is CCCNC(c1ccccc1OC(F)F)C(C)CC. The number of ether oxygens (including phenoxy) is 1. The van der Waals surface area contributed by atoms with Crippen molar-refractivity contribution in [3.05, 3.63) is 29.8 Å². The van der Waals surface area contributed by atoms with Gasteiger partial charge in [-0.2, -0.15) is 8.78 Å². The minimum absolute atomic E-state index is 0.0416. The minimum atomic E-state index is -2.79. The van der Waals surface area contributed by atoms with E-state index in [1.807, 2.05) is 12.1 Å². The molecule has 2 unspecified atom stereocenters. The number of rotatable bonds is 8. The molecule has 4 heteroatoms. The van der Waals surface area contributed by atoms with Crippen LogP contribution in [0.15, 0.2) is 24.3 Å². The van der Waals surface area contributed by atoms with E-state index >= 15 is 0 Å².